The first-order chi connectivity index (χ1) is 18.3. The highest BCUT2D eigenvalue weighted by Crippen LogP contribution is 2.28. The number of hydrogen-bond donors (Lipinski definition) is 1. The van der Waals surface area contributed by atoms with Gasteiger partial charge in [0.2, 0.25) is 0 Å². The van der Waals surface area contributed by atoms with E-state index in [9.17, 15) is 13.4 Å². The molecule has 196 valence electrons. The van der Waals surface area contributed by atoms with Gasteiger partial charge in [-0.3, -0.25) is 8.77 Å². The maximum Gasteiger partial charge on any atom is 0.252 e. The van der Waals surface area contributed by atoms with Crippen LogP contribution < -0.4 is 5.32 Å². The van der Waals surface area contributed by atoms with Gasteiger partial charge in [0.1, 0.15) is 5.82 Å². The molecule has 2 atom stereocenters. The molecule has 1 unspecified atom stereocenters. The van der Waals surface area contributed by atoms with E-state index in [1.54, 1.807) is 52.3 Å². The van der Waals surface area contributed by atoms with Gasteiger partial charge >= 0.3 is 0 Å². The summed E-state index contributed by atoms with van der Waals surface area (Å²) in [6, 6.07) is 14.9. The van der Waals surface area contributed by atoms with Crippen LogP contribution in [0.15, 0.2) is 89.0 Å². The summed E-state index contributed by atoms with van der Waals surface area (Å²) < 4.78 is 30.9. The number of hydrogen-bond acceptors (Lipinski definition) is 3. The van der Waals surface area contributed by atoms with Gasteiger partial charge in [-0.25, -0.2) is 13.3 Å². The van der Waals surface area contributed by atoms with Gasteiger partial charge < -0.3 is 5.32 Å². The zero-order valence-corrected chi connectivity index (χ0v) is 23.7. The van der Waals surface area contributed by atoms with Crippen LogP contribution in [0.5, 0.6) is 0 Å². The number of allylic oxidation sites excluding steroid dienone is 1. The standard InChI is InChI=1S/C29H28BrFN4O2S/c1-5-24(25-17-32-35(27(25)7-3)22-12-10-21(31)11-13-22)29(36)33-26(6-2)28-16-20(30)18-34(28)38(37)23-14-8-19(4)9-15-23/h5,7-18,26H,3,6H2,1-2,4H3,(H,33,36)/b24-5+/t26-,38?/m1/s1. The fourth-order valence-corrected chi connectivity index (χ4v) is 5.93. The molecule has 0 fully saturated rings. The molecule has 6 nitrogen and oxygen atoms in total. The number of carbonyl (C=O) groups is 1. The van der Waals surface area contributed by atoms with E-state index < -0.39 is 17.0 Å². The SMILES string of the molecule is C=Cc1c(/C(=C\C)C(=O)N[C@H](CC)c2cc(Br)cn2S(=O)c2ccc(C)cc2)cnn1-c1ccc(F)cc1. The van der Waals surface area contributed by atoms with Crippen LogP contribution in [-0.2, 0) is 15.8 Å². The maximum absolute atomic E-state index is 13.6. The van der Waals surface area contributed by atoms with Crippen LogP contribution in [0.3, 0.4) is 0 Å². The van der Waals surface area contributed by atoms with Crippen molar-refractivity contribution in [3.05, 3.63) is 112 Å². The third-order valence-electron chi connectivity index (χ3n) is 6.15. The van der Waals surface area contributed by atoms with Crippen molar-refractivity contribution < 1.29 is 13.4 Å². The second kappa shape index (κ2) is 11.9. The Morgan fingerprint density at radius 3 is 2.50 bits per heavy atom. The Kier molecular flexibility index (Phi) is 8.58. The van der Waals surface area contributed by atoms with Crippen LogP contribution in [0.1, 0.15) is 48.8 Å². The maximum atomic E-state index is 13.6. The average Bonchev–Trinajstić information content (AvgIpc) is 3.51. The Morgan fingerprint density at radius 2 is 1.89 bits per heavy atom. The molecule has 2 aromatic carbocycles. The van der Waals surface area contributed by atoms with Crippen LogP contribution >= 0.6 is 15.9 Å². The highest BCUT2D eigenvalue weighted by atomic mass is 79.9. The van der Waals surface area contributed by atoms with Crippen LogP contribution in [0.25, 0.3) is 17.3 Å². The minimum atomic E-state index is -1.49. The lowest BCUT2D eigenvalue weighted by Crippen LogP contribution is -2.30. The largest absolute Gasteiger partial charge is 0.344 e. The molecule has 2 aromatic heterocycles. The van der Waals surface area contributed by atoms with E-state index in [1.807, 2.05) is 44.2 Å². The Balaban J connectivity index is 1.63. The molecule has 1 N–H and O–H groups in total. The summed E-state index contributed by atoms with van der Waals surface area (Å²) in [6.07, 6.45) is 7.28. The predicted molar refractivity (Wildman–Crippen MR) is 154 cm³/mol. The van der Waals surface area contributed by atoms with Crippen molar-refractivity contribution >= 4 is 44.5 Å². The van der Waals surface area contributed by atoms with Crippen molar-refractivity contribution in [2.45, 2.75) is 38.1 Å². The average molecular weight is 596 g/mol. The Bertz CT molecular complexity index is 1520. The molecule has 0 aliphatic carbocycles. The molecule has 1 amide bonds. The summed E-state index contributed by atoms with van der Waals surface area (Å²) >= 11 is 3.50. The van der Waals surface area contributed by atoms with Crippen LogP contribution in [0.2, 0.25) is 0 Å². The normalized spacial score (nSPS) is 13.2. The lowest BCUT2D eigenvalue weighted by atomic mass is 10.0. The molecule has 4 aromatic rings. The summed E-state index contributed by atoms with van der Waals surface area (Å²) in [7, 11) is -1.49. The summed E-state index contributed by atoms with van der Waals surface area (Å²) in [4.78, 5) is 14.2. The van der Waals surface area contributed by atoms with Crippen molar-refractivity contribution in [3.8, 4) is 5.69 Å². The minimum absolute atomic E-state index is 0.300. The highest BCUT2D eigenvalue weighted by molar-refractivity contribution is 9.10. The monoisotopic (exact) mass is 594 g/mol. The quantitative estimate of drug-likeness (QED) is 0.217. The molecule has 9 heteroatoms. The zero-order valence-electron chi connectivity index (χ0n) is 21.3. The Hall–Kier alpha value is -3.56. The second-order valence-electron chi connectivity index (χ2n) is 8.64. The lowest BCUT2D eigenvalue weighted by molar-refractivity contribution is -0.116. The zero-order chi connectivity index (χ0) is 27.4. The van der Waals surface area contributed by atoms with E-state index >= 15 is 0 Å². The Labute approximate surface area is 232 Å². The molecule has 0 aliphatic heterocycles. The van der Waals surface area contributed by atoms with Crippen molar-refractivity contribution in [1.29, 1.82) is 0 Å². The third kappa shape index (κ3) is 5.63. The first kappa shape index (κ1) is 27.5. The van der Waals surface area contributed by atoms with Crippen LogP contribution in [0, 0.1) is 12.7 Å². The van der Waals surface area contributed by atoms with Crippen molar-refractivity contribution in [3.63, 3.8) is 0 Å². The van der Waals surface area contributed by atoms with Gasteiger partial charge in [0.25, 0.3) is 5.91 Å². The van der Waals surface area contributed by atoms with E-state index in [0.717, 1.165) is 10.0 Å². The van der Waals surface area contributed by atoms with E-state index in [1.165, 1.54) is 12.1 Å². The van der Waals surface area contributed by atoms with E-state index in [0.29, 0.717) is 39.5 Å². The molecule has 38 heavy (non-hydrogen) atoms. The molecular weight excluding hydrogens is 567 g/mol. The molecule has 0 saturated heterocycles. The fraction of sp³-hybridized carbons (Fsp3) is 0.172. The lowest BCUT2D eigenvalue weighted by Gasteiger charge is -2.20. The van der Waals surface area contributed by atoms with Gasteiger partial charge in [0.05, 0.1) is 34.2 Å². The molecule has 0 radical (unpaired) electrons. The number of aromatic nitrogens is 3. The van der Waals surface area contributed by atoms with Crippen molar-refractivity contribution in [1.82, 2.24) is 19.1 Å². The summed E-state index contributed by atoms with van der Waals surface area (Å²) in [5, 5.41) is 7.53. The predicted octanol–water partition coefficient (Wildman–Crippen LogP) is 6.77. The topological polar surface area (TPSA) is 68.9 Å². The number of nitrogens with one attached hydrogen (secondary N) is 1. The number of benzene rings is 2. The van der Waals surface area contributed by atoms with Crippen LogP contribution in [-0.4, -0.2) is 23.9 Å². The second-order valence-corrected chi connectivity index (χ2v) is 10.9. The van der Waals surface area contributed by atoms with Gasteiger partial charge in [-0.15, -0.1) is 0 Å². The first-order valence-electron chi connectivity index (χ1n) is 12.1. The van der Waals surface area contributed by atoms with Crippen molar-refractivity contribution in [2.75, 3.05) is 0 Å². The summed E-state index contributed by atoms with van der Waals surface area (Å²) in [5.41, 5.74) is 4.07. The molecule has 0 bridgehead atoms. The van der Waals surface area contributed by atoms with E-state index in [4.69, 9.17) is 0 Å². The molecule has 4 rings (SSSR count). The van der Waals surface area contributed by atoms with Gasteiger partial charge in [0.15, 0.2) is 11.0 Å². The Morgan fingerprint density at radius 1 is 1.21 bits per heavy atom. The van der Waals surface area contributed by atoms with E-state index in [2.05, 4.69) is 32.9 Å². The molecule has 0 saturated carbocycles. The van der Waals surface area contributed by atoms with Crippen LogP contribution in [0.4, 0.5) is 4.39 Å². The fourth-order valence-electron chi connectivity index (χ4n) is 4.17. The number of rotatable bonds is 9. The number of amides is 1. The van der Waals surface area contributed by atoms with Crippen molar-refractivity contribution in [2.24, 2.45) is 0 Å². The number of halogens is 2. The molecule has 2 heterocycles. The number of nitrogens with zero attached hydrogens (tertiary/aromatic N) is 3. The summed E-state index contributed by atoms with van der Waals surface area (Å²) in [5.74, 6) is -0.647. The smallest absolute Gasteiger partial charge is 0.252 e. The molecular formula is C29H28BrFN4O2S. The molecule has 0 spiro atoms. The van der Waals surface area contributed by atoms with Gasteiger partial charge in [0, 0.05) is 21.8 Å². The third-order valence-corrected chi connectivity index (χ3v) is 7.93. The van der Waals surface area contributed by atoms with Gasteiger partial charge in [-0.1, -0.05) is 37.3 Å². The van der Waals surface area contributed by atoms with Gasteiger partial charge in [-0.2, -0.15) is 5.10 Å². The first-order valence-corrected chi connectivity index (χ1v) is 14.0. The van der Waals surface area contributed by atoms with E-state index in [-0.39, 0.29) is 11.7 Å². The number of aryl methyl sites for hydroxylation is 1. The summed E-state index contributed by atoms with van der Waals surface area (Å²) in [6.45, 7) is 9.62. The van der Waals surface area contributed by atoms with Gasteiger partial charge in [-0.05, 0) is 84.7 Å². The minimum Gasteiger partial charge on any atom is -0.344 e. The number of carbonyl (C=O) groups excluding carboxylic acids is 1. The molecule has 0 aliphatic rings. The highest BCUT2D eigenvalue weighted by Gasteiger charge is 2.24.